The number of carbonyl (C=O) groups is 1. The summed E-state index contributed by atoms with van der Waals surface area (Å²) in [5.41, 5.74) is -1.39. The van der Waals surface area contributed by atoms with Gasteiger partial charge in [0.15, 0.2) is 5.79 Å². The van der Waals surface area contributed by atoms with Crippen LogP contribution in [0.5, 0.6) is 0 Å². The van der Waals surface area contributed by atoms with Crippen molar-refractivity contribution in [3.8, 4) is 0 Å². The summed E-state index contributed by atoms with van der Waals surface area (Å²) in [5, 5.41) is 25.9. The molecule has 2 aliphatic heterocycles. The quantitative estimate of drug-likeness (QED) is 0.794. The normalized spacial score (nSPS) is 32.5. The number of nitrogens with zero attached hydrogens (tertiary/aromatic N) is 1. The second-order valence-corrected chi connectivity index (χ2v) is 8.17. The van der Waals surface area contributed by atoms with Crippen molar-refractivity contribution in [3.63, 3.8) is 0 Å². The van der Waals surface area contributed by atoms with Crippen LogP contribution < -0.4 is 5.32 Å². The van der Waals surface area contributed by atoms with Crippen LogP contribution in [0.25, 0.3) is 0 Å². The summed E-state index contributed by atoms with van der Waals surface area (Å²) in [4.78, 5) is 12.0. The molecule has 2 aliphatic rings. The average Bonchev–Trinajstić information content (AvgIpc) is 2.88. The number of hydrogen-bond donors (Lipinski definition) is 2. The fraction of sp³-hybridized carbons (Fsp3) is 0.938. The number of nitrogens with one attached hydrogen (secondary N) is 1. The highest BCUT2D eigenvalue weighted by atomic mass is 16.7. The van der Waals surface area contributed by atoms with Crippen molar-refractivity contribution in [1.29, 1.82) is 0 Å². The largest absolute Gasteiger partial charge is 0.444 e. The van der Waals surface area contributed by atoms with E-state index in [0.29, 0.717) is 6.42 Å². The van der Waals surface area contributed by atoms with Crippen molar-refractivity contribution in [2.24, 2.45) is 0 Å². The SMILES string of the molecule is CC1(C)OCC(C(O)CNC(=O)OC2CC(C)(C)N([O])C2(C)C)O1. The van der Waals surface area contributed by atoms with E-state index in [1.807, 2.05) is 13.8 Å². The minimum absolute atomic E-state index is 0.0133. The van der Waals surface area contributed by atoms with Gasteiger partial charge in [-0.1, -0.05) is 0 Å². The number of ether oxygens (including phenoxy) is 3. The molecular formula is C16H29N2O6. The van der Waals surface area contributed by atoms with E-state index in [1.54, 1.807) is 27.7 Å². The molecule has 139 valence electrons. The number of aliphatic hydroxyl groups excluding tert-OH is 1. The number of aliphatic hydroxyl groups is 1. The van der Waals surface area contributed by atoms with Gasteiger partial charge in [0.25, 0.3) is 0 Å². The number of hydroxylamine groups is 2. The molecule has 0 aliphatic carbocycles. The molecular weight excluding hydrogens is 316 g/mol. The predicted octanol–water partition coefficient (Wildman–Crippen LogP) is 1.20. The summed E-state index contributed by atoms with van der Waals surface area (Å²) in [6, 6.07) is 0. The Balaban J connectivity index is 1.82. The van der Waals surface area contributed by atoms with Crippen molar-refractivity contribution in [3.05, 3.63) is 0 Å². The van der Waals surface area contributed by atoms with Crippen molar-refractivity contribution in [2.75, 3.05) is 13.2 Å². The van der Waals surface area contributed by atoms with Gasteiger partial charge in [-0.15, -0.1) is 10.3 Å². The fourth-order valence-electron chi connectivity index (χ4n) is 3.28. The van der Waals surface area contributed by atoms with Crippen LogP contribution in [-0.4, -0.2) is 64.6 Å². The van der Waals surface area contributed by atoms with Gasteiger partial charge < -0.3 is 24.6 Å². The van der Waals surface area contributed by atoms with Crippen LogP contribution in [0.4, 0.5) is 4.79 Å². The molecule has 24 heavy (non-hydrogen) atoms. The van der Waals surface area contributed by atoms with E-state index in [0.717, 1.165) is 5.06 Å². The van der Waals surface area contributed by atoms with Crippen LogP contribution in [0.1, 0.15) is 48.0 Å². The first-order valence-corrected chi connectivity index (χ1v) is 8.27. The van der Waals surface area contributed by atoms with Gasteiger partial charge in [0, 0.05) is 18.5 Å². The Labute approximate surface area is 143 Å². The lowest BCUT2D eigenvalue weighted by Crippen LogP contribution is -2.49. The van der Waals surface area contributed by atoms with Crippen molar-refractivity contribution >= 4 is 6.09 Å². The van der Waals surface area contributed by atoms with Gasteiger partial charge in [0.05, 0.1) is 18.2 Å². The minimum Gasteiger partial charge on any atom is -0.444 e. The monoisotopic (exact) mass is 345 g/mol. The van der Waals surface area contributed by atoms with E-state index in [9.17, 15) is 15.1 Å². The molecule has 2 heterocycles. The third kappa shape index (κ3) is 4.00. The zero-order chi connectivity index (χ0) is 18.3. The summed E-state index contributed by atoms with van der Waals surface area (Å²) in [7, 11) is 0. The lowest BCUT2D eigenvalue weighted by atomic mass is 9.97. The van der Waals surface area contributed by atoms with E-state index in [4.69, 9.17) is 14.2 Å². The van der Waals surface area contributed by atoms with Gasteiger partial charge in [-0.3, -0.25) is 0 Å². The second-order valence-electron chi connectivity index (χ2n) is 8.17. The molecule has 8 heteroatoms. The number of hydrogen-bond acceptors (Lipinski definition) is 6. The Hall–Kier alpha value is -0.930. The fourth-order valence-corrected chi connectivity index (χ4v) is 3.28. The number of alkyl carbamates (subject to hydrolysis) is 1. The third-order valence-electron chi connectivity index (χ3n) is 4.71. The highest BCUT2D eigenvalue weighted by Gasteiger charge is 2.54. The number of rotatable bonds is 4. The van der Waals surface area contributed by atoms with Gasteiger partial charge in [-0.05, 0) is 41.5 Å². The van der Waals surface area contributed by atoms with E-state index in [2.05, 4.69) is 5.32 Å². The molecule has 2 rings (SSSR count). The molecule has 1 radical (unpaired) electrons. The number of carbonyl (C=O) groups excluding carboxylic acids is 1. The lowest BCUT2D eigenvalue weighted by molar-refractivity contribution is -0.251. The lowest BCUT2D eigenvalue weighted by Gasteiger charge is -2.32. The van der Waals surface area contributed by atoms with Crippen LogP contribution in [0.2, 0.25) is 0 Å². The Morgan fingerprint density at radius 2 is 1.96 bits per heavy atom. The van der Waals surface area contributed by atoms with Gasteiger partial charge in [0.1, 0.15) is 12.2 Å². The summed E-state index contributed by atoms with van der Waals surface area (Å²) < 4.78 is 16.3. The third-order valence-corrected chi connectivity index (χ3v) is 4.71. The number of amides is 1. The maximum atomic E-state index is 12.3. The summed E-state index contributed by atoms with van der Waals surface area (Å²) in [5.74, 6) is -0.733. The van der Waals surface area contributed by atoms with Gasteiger partial charge in [-0.2, -0.15) is 0 Å². The molecule has 0 aromatic heterocycles. The molecule has 2 N–H and O–H groups in total. The Kier molecular flexibility index (Phi) is 5.19. The highest BCUT2D eigenvalue weighted by Crippen LogP contribution is 2.41. The van der Waals surface area contributed by atoms with E-state index in [-0.39, 0.29) is 13.2 Å². The molecule has 2 saturated heterocycles. The van der Waals surface area contributed by atoms with Crippen molar-refractivity contribution in [1.82, 2.24) is 10.4 Å². The maximum Gasteiger partial charge on any atom is 0.407 e. The van der Waals surface area contributed by atoms with E-state index in [1.165, 1.54) is 0 Å². The summed E-state index contributed by atoms with van der Waals surface area (Å²) in [6.45, 7) is 10.9. The second kappa shape index (κ2) is 6.42. The molecule has 0 bridgehead atoms. The molecule has 2 fully saturated rings. The van der Waals surface area contributed by atoms with Crippen LogP contribution in [0, 0.1) is 0 Å². The zero-order valence-corrected chi connectivity index (χ0v) is 15.3. The molecule has 3 unspecified atom stereocenters. The van der Waals surface area contributed by atoms with Crippen LogP contribution in [-0.2, 0) is 19.4 Å². The van der Waals surface area contributed by atoms with Gasteiger partial charge in [-0.25, -0.2) is 4.79 Å². The minimum atomic E-state index is -0.900. The maximum absolute atomic E-state index is 12.3. The first-order valence-electron chi connectivity index (χ1n) is 8.27. The molecule has 0 spiro atoms. The summed E-state index contributed by atoms with van der Waals surface area (Å²) >= 11 is 0. The highest BCUT2D eigenvalue weighted by molar-refractivity contribution is 5.67. The Bertz CT molecular complexity index is 479. The smallest absolute Gasteiger partial charge is 0.407 e. The Morgan fingerprint density at radius 3 is 2.42 bits per heavy atom. The molecule has 8 nitrogen and oxygen atoms in total. The molecule has 1 amide bonds. The van der Waals surface area contributed by atoms with E-state index >= 15 is 0 Å². The van der Waals surface area contributed by atoms with Gasteiger partial charge >= 0.3 is 6.09 Å². The van der Waals surface area contributed by atoms with Crippen LogP contribution in [0.15, 0.2) is 0 Å². The average molecular weight is 345 g/mol. The topological polar surface area (TPSA) is 100 Å². The van der Waals surface area contributed by atoms with Crippen molar-refractivity contribution < 1.29 is 29.3 Å². The first-order chi connectivity index (χ1) is 10.8. The van der Waals surface area contributed by atoms with Crippen LogP contribution >= 0.6 is 0 Å². The molecule has 0 aromatic carbocycles. The van der Waals surface area contributed by atoms with Crippen molar-refractivity contribution in [2.45, 2.75) is 83.1 Å². The first kappa shape index (κ1) is 19.4. The molecule has 0 aromatic rings. The predicted molar refractivity (Wildman–Crippen MR) is 84.5 cm³/mol. The molecule has 3 atom stereocenters. The van der Waals surface area contributed by atoms with Crippen LogP contribution in [0.3, 0.4) is 0 Å². The molecule has 0 saturated carbocycles. The standard InChI is InChI=1S/C16H29N2O6/c1-14(2)7-12(15(3,4)18(14)21)23-13(20)17-8-10(19)11-9-22-16(5,6)24-11/h10-12,19H,7-9H2,1-6H3,(H,17,20). The van der Waals surface area contributed by atoms with E-state index < -0.39 is 41.3 Å². The summed E-state index contributed by atoms with van der Waals surface area (Å²) in [6.07, 6.45) is -2.13. The Morgan fingerprint density at radius 1 is 1.33 bits per heavy atom. The zero-order valence-electron chi connectivity index (χ0n) is 15.3. The van der Waals surface area contributed by atoms with Gasteiger partial charge in [0.2, 0.25) is 0 Å².